The summed E-state index contributed by atoms with van der Waals surface area (Å²) in [4.78, 5) is 8.15. The van der Waals surface area contributed by atoms with Gasteiger partial charge in [-0.25, -0.2) is 8.42 Å². The lowest BCUT2D eigenvalue weighted by molar-refractivity contribution is 0.422. The van der Waals surface area contributed by atoms with Crippen LogP contribution in [0.4, 0.5) is 0 Å². The van der Waals surface area contributed by atoms with E-state index in [9.17, 15) is 8.42 Å². The molecule has 2 aromatic heterocycles. The summed E-state index contributed by atoms with van der Waals surface area (Å²) in [5.74, 6) is 0. The van der Waals surface area contributed by atoms with Crippen molar-refractivity contribution < 1.29 is 8.42 Å². The average Bonchev–Trinajstić information content (AvgIpc) is 2.53. The van der Waals surface area contributed by atoms with Gasteiger partial charge in [-0.3, -0.25) is 9.97 Å². The molecule has 2 aromatic rings. The summed E-state index contributed by atoms with van der Waals surface area (Å²) in [5.41, 5.74) is 6.85. The van der Waals surface area contributed by atoms with Crippen LogP contribution in [0, 0.1) is 0 Å². The Kier molecular flexibility index (Phi) is 5.00. The monoisotopic (exact) mass is 306 g/mol. The van der Waals surface area contributed by atoms with Crippen molar-refractivity contribution in [2.24, 2.45) is 5.73 Å². The molecule has 6 nitrogen and oxygen atoms in total. The van der Waals surface area contributed by atoms with Gasteiger partial charge in [-0.2, -0.15) is 4.31 Å². The first kappa shape index (κ1) is 15.6. The van der Waals surface area contributed by atoms with Gasteiger partial charge in [0.25, 0.3) is 0 Å². The van der Waals surface area contributed by atoms with Crippen LogP contribution in [0.25, 0.3) is 0 Å². The predicted octanol–water partition coefficient (Wildman–Crippen LogP) is 1.15. The van der Waals surface area contributed by atoms with E-state index in [4.69, 9.17) is 5.73 Å². The molecule has 0 amide bonds. The number of nitrogens with zero attached hydrogens (tertiary/aromatic N) is 3. The van der Waals surface area contributed by atoms with Crippen molar-refractivity contribution in [3.05, 3.63) is 54.1 Å². The van der Waals surface area contributed by atoms with Crippen LogP contribution >= 0.6 is 0 Å². The molecule has 0 radical (unpaired) electrons. The third kappa shape index (κ3) is 3.44. The Bertz CT molecular complexity index is 689. The van der Waals surface area contributed by atoms with Crippen LogP contribution in [0.1, 0.15) is 18.2 Å². The molecule has 7 heteroatoms. The summed E-state index contributed by atoms with van der Waals surface area (Å²) in [6.07, 6.45) is 4.83. The highest BCUT2D eigenvalue weighted by Gasteiger charge is 2.26. The number of pyridine rings is 2. The zero-order chi connectivity index (χ0) is 15.3. The molecule has 0 saturated heterocycles. The summed E-state index contributed by atoms with van der Waals surface area (Å²) in [6.45, 7) is 2.54. The molecular weight excluding hydrogens is 288 g/mol. The molecule has 0 atom stereocenters. The molecule has 0 saturated carbocycles. The summed E-state index contributed by atoms with van der Waals surface area (Å²) in [6, 6.07) is 6.74. The van der Waals surface area contributed by atoms with Gasteiger partial charge in [-0.1, -0.05) is 6.92 Å². The maximum Gasteiger partial charge on any atom is 0.245 e. The van der Waals surface area contributed by atoms with E-state index >= 15 is 0 Å². The molecule has 0 unspecified atom stereocenters. The highest BCUT2D eigenvalue weighted by atomic mass is 32.2. The Balaban J connectivity index is 2.36. The van der Waals surface area contributed by atoms with Crippen LogP contribution in [0.15, 0.2) is 47.8 Å². The van der Waals surface area contributed by atoms with E-state index in [1.807, 2.05) is 0 Å². The van der Waals surface area contributed by atoms with E-state index in [2.05, 4.69) is 9.97 Å². The third-order valence-corrected chi connectivity index (χ3v) is 5.12. The summed E-state index contributed by atoms with van der Waals surface area (Å²) in [5, 5.41) is 0. The minimum atomic E-state index is -3.62. The Hall–Kier alpha value is -1.83. The molecular formula is C14H18N4O2S. The normalized spacial score (nSPS) is 11.8. The SMILES string of the molecule is CCN(Cc1ccncc1)S(=O)(=O)c1cccnc1CN. The fraction of sp³-hybridized carbons (Fsp3) is 0.286. The van der Waals surface area contributed by atoms with E-state index < -0.39 is 10.0 Å². The number of nitrogens with two attached hydrogens (primary N) is 1. The number of rotatable bonds is 6. The first-order valence-corrected chi connectivity index (χ1v) is 8.06. The molecule has 0 fully saturated rings. The van der Waals surface area contributed by atoms with E-state index in [1.54, 1.807) is 49.8 Å². The number of sulfonamides is 1. The lowest BCUT2D eigenvalue weighted by Crippen LogP contribution is -2.31. The molecule has 0 aromatic carbocycles. The van der Waals surface area contributed by atoms with Gasteiger partial charge >= 0.3 is 0 Å². The van der Waals surface area contributed by atoms with Crippen LogP contribution in [0.5, 0.6) is 0 Å². The quantitative estimate of drug-likeness (QED) is 0.864. The van der Waals surface area contributed by atoms with Crippen molar-refractivity contribution >= 4 is 10.0 Å². The Labute approximate surface area is 124 Å². The molecule has 0 spiro atoms. The molecule has 2 heterocycles. The molecule has 0 aliphatic rings. The number of aromatic nitrogens is 2. The van der Waals surface area contributed by atoms with E-state index in [1.165, 1.54) is 4.31 Å². The molecule has 2 rings (SSSR count). The Morgan fingerprint density at radius 1 is 1.19 bits per heavy atom. The van der Waals surface area contributed by atoms with E-state index in [-0.39, 0.29) is 11.4 Å². The molecule has 0 bridgehead atoms. The largest absolute Gasteiger partial charge is 0.325 e. The lowest BCUT2D eigenvalue weighted by atomic mass is 10.3. The van der Waals surface area contributed by atoms with Crippen LogP contribution < -0.4 is 5.73 Å². The van der Waals surface area contributed by atoms with Gasteiger partial charge in [-0.05, 0) is 29.8 Å². The molecule has 0 aliphatic carbocycles. The highest BCUT2D eigenvalue weighted by molar-refractivity contribution is 7.89. The minimum Gasteiger partial charge on any atom is -0.325 e. The maximum absolute atomic E-state index is 12.8. The second-order valence-corrected chi connectivity index (χ2v) is 6.35. The summed E-state index contributed by atoms with van der Waals surface area (Å²) >= 11 is 0. The fourth-order valence-electron chi connectivity index (χ4n) is 2.01. The second kappa shape index (κ2) is 6.75. The maximum atomic E-state index is 12.8. The van der Waals surface area contributed by atoms with Crippen molar-refractivity contribution in [2.45, 2.75) is 24.9 Å². The van der Waals surface area contributed by atoms with Gasteiger partial charge in [0, 0.05) is 38.2 Å². The fourth-order valence-corrected chi connectivity index (χ4v) is 3.63. The molecule has 2 N–H and O–H groups in total. The van der Waals surface area contributed by atoms with Crippen LogP contribution in [0.2, 0.25) is 0 Å². The first-order valence-electron chi connectivity index (χ1n) is 6.62. The average molecular weight is 306 g/mol. The standard InChI is InChI=1S/C14H18N4O2S/c1-2-18(11-12-5-8-16-9-6-12)21(19,20)14-4-3-7-17-13(14)10-15/h3-9H,2,10-11,15H2,1H3. The number of hydrogen-bond acceptors (Lipinski definition) is 5. The van der Waals surface area contributed by atoms with Crippen molar-refractivity contribution in [1.82, 2.24) is 14.3 Å². The van der Waals surface area contributed by atoms with Crippen LogP contribution in [0.3, 0.4) is 0 Å². The van der Waals surface area contributed by atoms with Gasteiger partial charge < -0.3 is 5.73 Å². The summed E-state index contributed by atoms with van der Waals surface area (Å²) < 4.78 is 26.9. The lowest BCUT2D eigenvalue weighted by Gasteiger charge is -2.21. The van der Waals surface area contributed by atoms with E-state index in [0.717, 1.165) is 5.56 Å². The van der Waals surface area contributed by atoms with Gasteiger partial charge in [0.15, 0.2) is 0 Å². The van der Waals surface area contributed by atoms with Gasteiger partial charge in [0.05, 0.1) is 5.69 Å². The van der Waals surface area contributed by atoms with Crippen LogP contribution in [-0.4, -0.2) is 29.2 Å². The number of hydrogen-bond donors (Lipinski definition) is 1. The van der Waals surface area contributed by atoms with Crippen molar-refractivity contribution in [3.63, 3.8) is 0 Å². The van der Waals surface area contributed by atoms with E-state index in [0.29, 0.717) is 18.8 Å². The topological polar surface area (TPSA) is 89.2 Å². The van der Waals surface area contributed by atoms with Gasteiger partial charge in [0.1, 0.15) is 4.90 Å². The Morgan fingerprint density at radius 3 is 2.52 bits per heavy atom. The van der Waals surface area contributed by atoms with Gasteiger partial charge in [0.2, 0.25) is 10.0 Å². The second-order valence-electron chi connectivity index (χ2n) is 4.44. The zero-order valence-corrected chi connectivity index (χ0v) is 12.6. The van der Waals surface area contributed by atoms with Gasteiger partial charge in [-0.15, -0.1) is 0 Å². The smallest absolute Gasteiger partial charge is 0.245 e. The first-order chi connectivity index (χ1) is 10.1. The zero-order valence-electron chi connectivity index (χ0n) is 11.8. The van der Waals surface area contributed by atoms with Crippen LogP contribution in [-0.2, 0) is 23.1 Å². The highest BCUT2D eigenvalue weighted by Crippen LogP contribution is 2.20. The van der Waals surface area contributed by atoms with Crippen molar-refractivity contribution in [1.29, 1.82) is 0 Å². The Morgan fingerprint density at radius 2 is 1.90 bits per heavy atom. The summed E-state index contributed by atoms with van der Waals surface area (Å²) in [7, 11) is -3.62. The minimum absolute atomic E-state index is 0.0855. The van der Waals surface area contributed by atoms with Crippen molar-refractivity contribution in [3.8, 4) is 0 Å². The van der Waals surface area contributed by atoms with Crippen molar-refractivity contribution in [2.75, 3.05) is 6.54 Å². The molecule has 0 aliphatic heterocycles. The predicted molar refractivity (Wildman–Crippen MR) is 79.6 cm³/mol. The molecule has 112 valence electrons. The molecule has 21 heavy (non-hydrogen) atoms. The third-order valence-electron chi connectivity index (χ3n) is 3.12.